The smallest absolute Gasteiger partial charge is 0.336 e. The second-order valence-corrected chi connectivity index (χ2v) is 7.85. The summed E-state index contributed by atoms with van der Waals surface area (Å²) in [5.41, 5.74) is 0.352. The van der Waals surface area contributed by atoms with Crippen molar-refractivity contribution in [1.82, 2.24) is 19.0 Å². The Morgan fingerprint density at radius 3 is 2.75 bits per heavy atom. The molecule has 4 heterocycles. The topological polar surface area (TPSA) is 111 Å². The first-order valence-electron chi connectivity index (χ1n) is 10.1. The van der Waals surface area contributed by atoms with Gasteiger partial charge < -0.3 is 19.6 Å². The monoisotopic (exact) mass is 433 g/mol. The molecule has 1 unspecified atom stereocenters. The zero-order valence-electron chi connectivity index (χ0n) is 17.2. The third-order valence-electron chi connectivity index (χ3n) is 6.25. The molecule has 2 aromatic heterocycles. The predicted octanol–water partition coefficient (Wildman–Crippen LogP) is 2.22. The summed E-state index contributed by atoms with van der Waals surface area (Å²) in [5.74, 6) is -0.709. The molecular formula is C22H19N5O5. The van der Waals surface area contributed by atoms with Crippen LogP contribution in [-0.2, 0) is 14.3 Å². The Balaban J connectivity index is 1.57. The standard InChI is InChI=1S/C22H19N5O5/c1-23-20-14-6-4-3-5-13(14)16(10-24-20)27-21(30)19-15-9-12(26(19)22(27)31)11-25(15)17(28)7-8-18(29)32-2/h3-6,10,12,15,30H,7-9,11H2,2H3/t12?,15-/m1/s1. The minimum Gasteiger partial charge on any atom is -0.493 e. The fourth-order valence-electron chi connectivity index (χ4n) is 4.82. The van der Waals surface area contributed by atoms with Gasteiger partial charge in [0.25, 0.3) is 5.82 Å². The molecule has 1 amide bonds. The van der Waals surface area contributed by atoms with Crippen molar-refractivity contribution < 1.29 is 19.4 Å². The molecule has 1 N–H and O–H groups in total. The molecule has 5 rings (SSSR count). The van der Waals surface area contributed by atoms with Gasteiger partial charge in [0.1, 0.15) is 17.6 Å². The van der Waals surface area contributed by atoms with E-state index >= 15 is 0 Å². The van der Waals surface area contributed by atoms with Gasteiger partial charge in [0.15, 0.2) is 0 Å². The highest BCUT2D eigenvalue weighted by Gasteiger charge is 2.49. The summed E-state index contributed by atoms with van der Waals surface area (Å²) in [6.07, 6.45) is 1.94. The van der Waals surface area contributed by atoms with E-state index in [1.807, 2.05) is 0 Å². The number of nitrogens with zero attached hydrogens (tertiary/aromatic N) is 5. The molecule has 0 saturated carbocycles. The van der Waals surface area contributed by atoms with Crippen LogP contribution in [0, 0.1) is 6.57 Å². The second kappa shape index (κ2) is 7.23. The number of ether oxygens (including phenoxy) is 1. The van der Waals surface area contributed by atoms with Gasteiger partial charge in [-0.05, 0) is 6.42 Å². The summed E-state index contributed by atoms with van der Waals surface area (Å²) in [6.45, 7) is 7.68. The first-order chi connectivity index (χ1) is 15.5. The van der Waals surface area contributed by atoms with Crippen LogP contribution in [0.15, 0.2) is 35.3 Å². The average molecular weight is 433 g/mol. The van der Waals surface area contributed by atoms with Gasteiger partial charge in [0, 0.05) is 23.7 Å². The number of hydrogen-bond donors (Lipinski definition) is 1. The van der Waals surface area contributed by atoms with Crippen LogP contribution in [-0.4, -0.2) is 49.7 Å². The molecule has 2 bridgehead atoms. The van der Waals surface area contributed by atoms with Crippen LogP contribution in [0.2, 0.25) is 0 Å². The van der Waals surface area contributed by atoms with Gasteiger partial charge in [-0.1, -0.05) is 30.8 Å². The Morgan fingerprint density at radius 1 is 1.28 bits per heavy atom. The van der Waals surface area contributed by atoms with Crippen LogP contribution < -0.4 is 5.69 Å². The zero-order chi connectivity index (χ0) is 22.6. The summed E-state index contributed by atoms with van der Waals surface area (Å²) in [5, 5.41) is 12.3. The molecule has 0 aliphatic carbocycles. The third kappa shape index (κ3) is 2.71. The van der Waals surface area contributed by atoms with E-state index in [0.717, 1.165) is 0 Å². The van der Waals surface area contributed by atoms with Crippen LogP contribution >= 0.6 is 0 Å². The fraction of sp³-hybridized carbons (Fsp3) is 0.318. The molecule has 10 heteroatoms. The van der Waals surface area contributed by atoms with Crippen LogP contribution in [0.25, 0.3) is 21.3 Å². The van der Waals surface area contributed by atoms with Gasteiger partial charge in [-0.15, -0.1) is 4.98 Å². The van der Waals surface area contributed by atoms with Crippen molar-refractivity contribution in [3.63, 3.8) is 0 Å². The number of carbonyl (C=O) groups excluding carboxylic acids is 2. The van der Waals surface area contributed by atoms with Crippen molar-refractivity contribution in [3.05, 3.63) is 58.1 Å². The van der Waals surface area contributed by atoms with Crippen LogP contribution in [0.4, 0.5) is 5.82 Å². The van der Waals surface area contributed by atoms with Crippen molar-refractivity contribution >= 4 is 28.5 Å². The SMILES string of the molecule is [C-]#[N+]c1ncc(-n2c(O)c3n(c2=O)C2C[C@H]3N(C(=O)CCC(=O)OC)C2)c2ccccc12. The van der Waals surface area contributed by atoms with E-state index in [4.69, 9.17) is 6.57 Å². The predicted molar refractivity (Wildman–Crippen MR) is 113 cm³/mol. The number of imidazole rings is 1. The van der Waals surface area contributed by atoms with Crippen molar-refractivity contribution in [1.29, 1.82) is 0 Å². The van der Waals surface area contributed by atoms with Crippen molar-refractivity contribution in [2.45, 2.75) is 31.3 Å². The lowest BCUT2D eigenvalue weighted by atomic mass is 10.1. The number of amides is 1. The Labute approximate surface area is 182 Å². The van der Waals surface area contributed by atoms with Gasteiger partial charge >= 0.3 is 11.7 Å². The van der Waals surface area contributed by atoms with Crippen LogP contribution in [0.3, 0.4) is 0 Å². The van der Waals surface area contributed by atoms with E-state index in [0.29, 0.717) is 35.1 Å². The number of pyridine rings is 1. The van der Waals surface area contributed by atoms with Crippen LogP contribution in [0.5, 0.6) is 5.88 Å². The molecule has 10 nitrogen and oxygen atoms in total. The largest absolute Gasteiger partial charge is 0.493 e. The van der Waals surface area contributed by atoms with E-state index in [9.17, 15) is 19.5 Å². The van der Waals surface area contributed by atoms with E-state index in [-0.39, 0.29) is 36.5 Å². The number of benzene rings is 1. The van der Waals surface area contributed by atoms with E-state index in [1.54, 1.807) is 33.7 Å². The third-order valence-corrected chi connectivity index (χ3v) is 6.25. The number of aromatic hydroxyl groups is 1. The Bertz CT molecular complexity index is 1380. The first kappa shape index (κ1) is 19.8. The summed E-state index contributed by atoms with van der Waals surface area (Å²) >= 11 is 0. The molecule has 1 fully saturated rings. The number of esters is 1. The van der Waals surface area contributed by atoms with Gasteiger partial charge in [-0.2, -0.15) is 0 Å². The number of carbonyl (C=O) groups is 2. The van der Waals surface area contributed by atoms with Gasteiger partial charge in [-0.25, -0.2) is 9.36 Å². The molecule has 162 valence electrons. The summed E-state index contributed by atoms with van der Waals surface area (Å²) in [7, 11) is 1.27. The maximum atomic E-state index is 13.3. The van der Waals surface area contributed by atoms with Crippen molar-refractivity contribution in [2.75, 3.05) is 13.7 Å². The van der Waals surface area contributed by atoms with Gasteiger partial charge in [-0.3, -0.25) is 14.2 Å². The summed E-state index contributed by atoms with van der Waals surface area (Å²) in [6, 6.07) is 6.39. The average Bonchev–Trinajstić information content (AvgIpc) is 3.48. The Hall–Kier alpha value is -4.13. The minimum absolute atomic E-state index is 0.00817. The molecule has 2 aliphatic rings. The molecular weight excluding hydrogens is 414 g/mol. The molecule has 3 aromatic rings. The number of rotatable bonds is 4. The fourth-order valence-corrected chi connectivity index (χ4v) is 4.82. The van der Waals surface area contributed by atoms with Crippen molar-refractivity contribution in [3.8, 4) is 11.6 Å². The second-order valence-electron chi connectivity index (χ2n) is 7.85. The highest BCUT2D eigenvalue weighted by atomic mass is 16.5. The lowest BCUT2D eigenvalue weighted by Crippen LogP contribution is -2.38. The van der Waals surface area contributed by atoms with Crippen molar-refractivity contribution in [2.24, 2.45) is 0 Å². The zero-order valence-corrected chi connectivity index (χ0v) is 17.2. The number of hydrogen-bond acceptors (Lipinski definition) is 6. The maximum Gasteiger partial charge on any atom is 0.336 e. The minimum atomic E-state index is -0.462. The molecule has 2 aliphatic heterocycles. The number of likely N-dealkylation sites (tertiary alicyclic amines) is 1. The molecule has 2 atom stereocenters. The first-order valence-corrected chi connectivity index (χ1v) is 10.1. The highest BCUT2D eigenvalue weighted by molar-refractivity contribution is 5.97. The van der Waals surface area contributed by atoms with E-state index in [2.05, 4.69) is 14.6 Å². The molecule has 1 aromatic carbocycles. The number of fused-ring (bicyclic) bond motifs is 6. The quantitative estimate of drug-likeness (QED) is 0.499. The molecule has 0 radical (unpaired) electrons. The van der Waals surface area contributed by atoms with Crippen LogP contribution in [0.1, 0.15) is 37.0 Å². The lowest BCUT2D eigenvalue weighted by molar-refractivity contribution is -0.144. The number of methoxy groups -OCH3 is 1. The lowest BCUT2D eigenvalue weighted by Gasteiger charge is -2.27. The Morgan fingerprint density at radius 2 is 2.03 bits per heavy atom. The van der Waals surface area contributed by atoms with E-state index < -0.39 is 17.7 Å². The Kier molecular flexibility index (Phi) is 4.48. The maximum absolute atomic E-state index is 13.3. The number of aromatic nitrogens is 3. The normalized spacial score (nSPS) is 18.6. The van der Waals surface area contributed by atoms with E-state index in [1.165, 1.54) is 17.9 Å². The van der Waals surface area contributed by atoms with Gasteiger partial charge in [0.2, 0.25) is 11.8 Å². The summed E-state index contributed by atoms with van der Waals surface area (Å²) < 4.78 is 7.34. The molecule has 0 spiro atoms. The molecule has 1 saturated heterocycles. The van der Waals surface area contributed by atoms with Gasteiger partial charge in [0.05, 0.1) is 25.6 Å². The summed E-state index contributed by atoms with van der Waals surface area (Å²) in [4.78, 5) is 46.6. The molecule has 32 heavy (non-hydrogen) atoms. The highest BCUT2D eigenvalue weighted by Crippen LogP contribution is 2.49.